The van der Waals surface area contributed by atoms with Crippen LogP contribution in [0.25, 0.3) is 0 Å². The Kier molecular flexibility index (Phi) is 6.57. The van der Waals surface area contributed by atoms with Gasteiger partial charge in [-0.1, -0.05) is 42.0 Å². The van der Waals surface area contributed by atoms with E-state index in [0.29, 0.717) is 24.6 Å². The molecule has 0 bridgehead atoms. The minimum atomic E-state index is -0.230. The lowest BCUT2D eigenvalue weighted by atomic mass is 10.1. The van der Waals surface area contributed by atoms with Crippen molar-refractivity contribution in [2.45, 2.75) is 19.9 Å². The second-order valence-corrected chi connectivity index (χ2v) is 6.50. The number of nitrogens with zero attached hydrogens (tertiary/aromatic N) is 2. The molecule has 0 spiro atoms. The molecule has 0 fully saturated rings. The molecule has 0 aliphatic rings. The molecular weight excluding hydrogens is 352 g/mol. The Morgan fingerprint density at radius 2 is 1.64 bits per heavy atom. The topological polar surface area (TPSA) is 76.1 Å². The maximum Gasteiger partial charge on any atom is 0.271 e. The minimum absolute atomic E-state index is 0.230. The molecule has 3 rings (SSSR count). The molecule has 0 unspecified atom stereocenters. The average molecular weight is 376 g/mol. The summed E-state index contributed by atoms with van der Waals surface area (Å²) in [6.07, 6.45) is 0.735. The summed E-state index contributed by atoms with van der Waals surface area (Å²) in [6, 6.07) is 19.5. The van der Waals surface area contributed by atoms with Crippen LogP contribution >= 0.6 is 0 Å². The first-order valence-corrected chi connectivity index (χ1v) is 9.18. The number of methoxy groups -OCH3 is 1. The van der Waals surface area contributed by atoms with Crippen molar-refractivity contribution >= 4 is 11.7 Å². The monoisotopic (exact) mass is 376 g/mol. The zero-order valence-corrected chi connectivity index (χ0v) is 16.1. The first-order valence-electron chi connectivity index (χ1n) is 9.18. The maximum absolute atomic E-state index is 12.2. The number of nitrogens with one attached hydrogen (secondary N) is 2. The lowest BCUT2D eigenvalue weighted by molar-refractivity contribution is 0.0948. The van der Waals surface area contributed by atoms with E-state index in [4.69, 9.17) is 4.74 Å². The summed E-state index contributed by atoms with van der Waals surface area (Å²) in [5, 5.41) is 14.2. The summed E-state index contributed by atoms with van der Waals surface area (Å²) in [7, 11) is 1.64. The van der Waals surface area contributed by atoms with Crippen LogP contribution in [0.3, 0.4) is 0 Å². The predicted octanol–water partition coefficient (Wildman–Crippen LogP) is 3.38. The summed E-state index contributed by atoms with van der Waals surface area (Å²) in [6.45, 7) is 3.24. The molecule has 0 saturated heterocycles. The van der Waals surface area contributed by atoms with Gasteiger partial charge in [0.2, 0.25) is 0 Å². The minimum Gasteiger partial charge on any atom is -0.497 e. The van der Waals surface area contributed by atoms with Gasteiger partial charge in [0.05, 0.1) is 7.11 Å². The van der Waals surface area contributed by atoms with E-state index >= 15 is 0 Å². The van der Waals surface area contributed by atoms with E-state index in [9.17, 15) is 4.79 Å². The summed E-state index contributed by atoms with van der Waals surface area (Å²) < 4.78 is 5.14. The number of aryl methyl sites for hydroxylation is 1. The molecule has 2 N–H and O–H groups in total. The molecule has 6 nitrogen and oxygen atoms in total. The zero-order valence-electron chi connectivity index (χ0n) is 16.1. The molecule has 1 amide bonds. The number of aromatic nitrogens is 2. The fraction of sp³-hybridized carbons (Fsp3) is 0.227. The van der Waals surface area contributed by atoms with Crippen LogP contribution in [-0.2, 0) is 13.0 Å². The fourth-order valence-electron chi connectivity index (χ4n) is 2.65. The normalized spacial score (nSPS) is 10.4. The van der Waals surface area contributed by atoms with Crippen LogP contribution in [-0.4, -0.2) is 29.8 Å². The lowest BCUT2D eigenvalue weighted by Crippen LogP contribution is -2.26. The highest BCUT2D eigenvalue weighted by Crippen LogP contribution is 2.11. The summed E-state index contributed by atoms with van der Waals surface area (Å²) in [5.74, 6) is 1.22. The van der Waals surface area contributed by atoms with E-state index in [2.05, 4.69) is 52.0 Å². The first-order chi connectivity index (χ1) is 13.6. The van der Waals surface area contributed by atoms with Gasteiger partial charge in [0.15, 0.2) is 5.69 Å². The van der Waals surface area contributed by atoms with Crippen molar-refractivity contribution in [2.24, 2.45) is 0 Å². The lowest BCUT2D eigenvalue weighted by Gasteiger charge is -2.07. The Hall–Kier alpha value is -3.41. The molecular formula is C22H24N4O2. The number of amides is 1. The SMILES string of the molecule is COc1ccc(CCNC(=O)c2ccc(NCc3ccc(C)cc3)nn2)cc1. The highest BCUT2D eigenvalue weighted by Gasteiger charge is 2.08. The van der Waals surface area contributed by atoms with E-state index in [1.165, 1.54) is 5.56 Å². The Balaban J connectivity index is 1.45. The molecule has 0 saturated carbocycles. The number of anilines is 1. The quantitative estimate of drug-likeness (QED) is 0.630. The first kappa shape index (κ1) is 19.4. The summed E-state index contributed by atoms with van der Waals surface area (Å²) in [5.41, 5.74) is 3.82. The van der Waals surface area contributed by atoms with E-state index in [1.807, 2.05) is 24.3 Å². The molecule has 0 atom stereocenters. The zero-order chi connectivity index (χ0) is 19.8. The van der Waals surface area contributed by atoms with Crippen LogP contribution in [0.4, 0.5) is 5.82 Å². The van der Waals surface area contributed by atoms with Gasteiger partial charge in [-0.15, -0.1) is 10.2 Å². The maximum atomic E-state index is 12.2. The van der Waals surface area contributed by atoms with Gasteiger partial charge in [0.1, 0.15) is 11.6 Å². The fourth-order valence-corrected chi connectivity index (χ4v) is 2.65. The van der Waals surface area contributed by atoms with E-state index < -0.39 is 0 Å². The molecule has 3 aromatic rings. The van der Waals surface area contributed by atoms with Gasteiger partial charge in [-0.05, 0) is 48.7 Å². The highest BCUT2D eigenvalue weighted by atomic mass is 16.5. The Labute approximate surface area is 165 Å². The van der Waals surface area contributed by atoms with Gasteiger partial charge in [-0.25, -0.2) is 0 Å². The third-order valence-electron chi connectivity index (χ3n) is 4.35. The van der Waals surface area contributed by atoms with Crippen LogP contribution in [0.2, 0.25) is 0 Å². The van der Waals surface area contributed by atoms with Gasteiger partial charge in [-0.2, -0.15) is 0 Å². The highest BCUT2D eigenvalue weighted by molar-refractivity contribution is 5.92. The molecule has 1 aromatic heterocycles. The molecule has 6 heteroatoms. The van der Waals surface area contributed by atoms with Crippen LogP contribution in [0.15, 0.2) is 60.7 Å². The largest absolute Gasteiger partial charge is 0.497 e. The number of hydrogen-bond acceptors (Lipinski definition) is 5. The van der Waals surface area contributed by atoms with Gasteiger partial charge < -0.3 is 15.4 Å². The van der Waals surface area contributed by atoms with Crippen LogP contribution < -0.4 is 15.4 Å². The number of benzene rings is 2. The van der Waals surface area contributed by atoms with E-state index in [1.54, 1.807) is 19.2 Å². The third kappa shape index (κ3) is 5.54. The Morgan fingerprint density at radius 3 is 2.29 bits per heavy atom. The molecule has 144 valence electrons. The standard InChI is InChI=1S/C22H24N4O2/c1-16-3-5-18(6-4-16)15-24-21-12-11-20(25-26-21)22(27)23-14-13-17-7-9-19(28-2)10-8-17/h3-12H,13-15H2,1-2H3,(H,23,27)(H,24,26). The van der Waals surface area contributed by atoms with Gasteiger partial charge in [-0.3, -0.25) is 4.79 Å². The van der Waals surface area contributed by atoms with Crippen molar-refractivity contribution in [2.75, 3.05) is 19.0 Å². The number of rotatable bonds is 8. The van der Waals surface area contributed by atoms with Crippen LogP contribution in [0, 0.1) is 6.92 Å². The van der Waals surface area contributed by atoms with Gasteiger partial charge in [0, 0.05) is 13.1 Å². The summed E-state index contributed by atoms with van der Waals surface area (Å²) >= 11 is 0. The third-order valence-corrected chi connectivity index (χ3v) is 4.35. The number of ether oxygens (including phenoxy) is 1. The van der Waals surface area contributed by atoms with Gasteiger partial charge in [0.25, 0.3) is 5.91 Å². The second-order valence-electron chi connectivity index (χ2n) is 6.50. The van der Waals surface area contributed by atoms with E-state index in [-0.39, 0.29) is 5.91 Å². The van der Waals surface area contributed by atoms with Crippen molar-refractivity contribution in [3.05, 3.63) is 83.0 Å². The molecule has 0 aliphatic heterocycles. The molecule has 0 radical (unpaired) electrons. The number of carbonyl (C=O) groups excluding carboxylic acids is 1. The van der Waals surface area contributed by atoms with Crippen molar-refractivity contribution < 1.29 is 9.53 Å². The van der Waals surface area contributed by atoms with E-state index in [0.717, 1.165) is 23.3 Å². The number of carbonyl (C=O) groups is 1. The molecule has 0 aliphatic carbocycles. The number of hydrogen-bond donors (Lipinski definition) is 2. The molecule has 28 heavy (non-hydrogen) atoms. The second kappa shape index (κ2) is 9.50. The van der Waals surface area contributed by atoms with Crippen LogP contribution in [0.1, 0.15) is 27.2 Å². The Morgan fingerprint density at radius 1 is 0.929 bits per heavy atom. The molecule has 2 aromatic carbocycles. The van der Waals surface area contributed by atoms with Crippen molar-refractivity contribution in [1.82, 2.24) is 15.5 Å². The predicted molar refractivity (Wildman–Crippen MR) is 110 cm³/mol. The Bertz CT molecular complexity index is 891. The van der Waals surface area contributed by atoms with Crippen molar-refractivity contribution in [3.8, 4) is 5.75 Å². The average Bonchev–Trinajstić information content (AvgIpc) is 2.74. The van der Waals surface area contributed by atoms with Crippen LogP contribution in [0.5, 0.6) is 5.75 Å². The smallest absolute Gasteiger partial charge is 0.271 e. The molecule has 1 heterocycles. The summed E-state index contributed by atoms with van der Waals surface area (Å²) in [4.78, 5) is 12.2. The van der Waals surface area contributed by atoms with Crippen molar-refractivity contribution in [1.29, 1.82) is 0 Å². The van der Waals surface area contributed by atoms with Crippen molar-refractivity contribution in [3.63, 3.8) is 0 Å². The van der Waals surface area contributed by atoms with Gasteiger partial charge >= 0.3 is 0 Å².